The van der Waals surface area contributed by atoms with Crippen LogP contribution in [0.25, 0.3) is 11.5 Å². The van der Waals surface area contributed by atoms with Gasteiger partial charge in [-0.3, -0.25) is 0 Å². The summed E-state index contributed by atoms with van der Waals surface area (Å²) in [5, 5.41) is 13.2. The van der Waals surface area contributed by atoms with Crippen LogP contribution in [0.15, 0.2) is 6.33 Å². The van der Waals surface area contributed by atoms with Gasteiger partial charge in [-0.1, -0.05) is 0 Å². The van der Waals surface area contributed by atoms with Gasteiger partial charge in [-0.15, -0.1) is 0 Å². The van der Waals surface area contributed by atoms with Gasteiger partial charge in [0.15, 0.2) is 5.82 Å². The summed E-state index contributed by atoms with van der Waals surface area (Å²) in [6, 6.07) is 0. The van der Waals surface area contributed by atoms with Crippen molar-refractivity contribution >= 4 is 5.95 Å². The third-order valence-corrected chi connectivity index (χ3v) is 3.34. The molecule has 1 aliphatic carbocycles. The highest BCUT2D eigenvalue weighted by atomic mass is 16.3. The zero-order valence-electron chi connectivity index (χ0n) is 10.6. The Kier molecular flexibility index (Phi) is 3.12. The average molecular weight is 260 g/mol. The molecule has 0 unspecified atom stereocenters. The predicted molar refractivity (Wildman–Crippen MR) is 69.2 cm³/mol. The van der Waals surface area contributed by atoms with E-state index in [1.165, 1.54) is 6.33 Å². The fraction of sp³-hybridized carbons (Fsp3) is 0.500. The summed E-state index contributed by atoms with van der Waals surface area (Å²) in [6.07, 6.45) is 5.60. The Morgan fingerprint density at radius 2 is 2.11 bits per heavy atom. The summed E-state index contributed by atoms with van der Waals surface area (Å²) in [5.41, 5.74) is 8.68. The first-order valence-electron chi connectivity index (χ1n) is 6.44. The van der Waals surface area contributed by atoms with E-state index in [2.05, 4.69) is 20.1 Å². The van der Waals surface area contributed by atoms with Gasteiger partial charge in [-0.05, 0) is 25.7 Å². The number of nitrogens with zero attached hydrogens (tertiary/aromatic N) is 5. The minimum atomic E-state index is 0.0130. The maximum absolute atomic E-state index is 9.06. The van der Waals surface area contributed by atoms with E-state index in [0.717, 1.165) is 42.6 Å². The Hall–Kier alpha value is -2.02. The molecule has 7 nitrogen and oxygen atoms in total. The number of fused-ring (bicyclic) bond motifs is 1. The van der Waals surface area contributed by atoms with Gasteiger partial charge in [0.05, 0.1) is 13.2 Å². The van der Waals surface area contributed by atoms with Gasteiger partial charge in [0.25, 0.3) is 0 Å². The summed E-state index contributed by atoms with van der Waals surface area (Å²) in [5.74, 6) is 0.926. The standard InChI is InChI=1S/C12H16N6O/c13-12-16-9-4-2-1-3-8(9)10(17-12)11-14-7-15-18(11)5-6-19/h7,19H,1-6H2,(H2,13,16,17). The summed E-state index contributed by atoms with van der Waals surface area (Å²) >= 11 is 0. The fourth-order valence-corrected chi connectivity index (χ4v) is 2.50. The summed E-state index contributed by atoms with van der Waals surface area (Å²) in [7, 11) is 0. The van der Waals surface area contributed by atoms with Crippen LogP contribution in [0.5, 0.6) is 0 Å². The molecule has 19 heavy (non-hydrogen) atoms. The Morgan fingerprint density at radius 3 is 2.95 bits per heavy atom. The minimum Gasteiger partial charge on any atom is -0.394 e. The topological polar surface area (TPSA) is 103 Å². The number of nitrogen functional groups attached to an aromatic ring is 1. The molecule has 0 amide bonds. The summed E-state index contributed by atoms with van der Waals surface area (Å²) in [6.45, 7) is 0.410. The van der Waals surface area contributed by atoms with Crippen molar-refractivity contribution in [3.05, 3.63) is 17.6 Å². The Morgan fingerprint density at radius 1 is 1.26 bits per heavy atom. The van der Waals surface area contributed by atoms with Crippen molar-refractivity contribution in [3.8, 4) is 11.5 Å². The molecule has 0 spiro atoms. The minimum absolute atomic E-state index is 0.0130. The van der Waals surface area contributed by atoms with Crippen molar-refractivity contribution < 1.29 is 5.11 Å². The molecule has 2 heterocycles. The van der Waals surface area contributed by atoms with Crippen molar-refractivity contribution in [2.24, 2.45) is 0 Å². The van der Waals surface area contributed by atoms with Gasteiger partial charge in [-0.25, -0.2) is 19.6 Å². The molecular weight excluding hydrogens is 244 g/mol. The van der Waals surface area contributed by atoms with Crippen LogP contribution in [0.2, 0.25) is 0 Å². The van der Waals surface area contributed by atoms with Crippen molar-refractivity contribution in [2.45, 2.75) is 32.2 Å². The van der Waals surface area contributed by atoms with Gasteiger partial charge >= 0.3 is 0 Å². The molecule has 0 aliphatic heterocycles. The van der Waals surface area contributed by atoms with Gasteiger partial charge in [-0.2, -0.15) is 5.10 Å². The molecular formula is C12H16N6O. The maximum Gasteiger partial charge on any atom is 0.220 e. The molecule has 2 aromatic rings. The lowest BCUT2D eigenvalue weighted by atomic mass is 9.94. The lowest BCUT2D eigenvalue weighted by molar-refractivity contribution is 0.270. The molecule has 1 aliphatic rings. The number of rotatable bonds is 3. The van der Waals surface area contributed by atoms with Crippen LogP contribution in [0, 0.1) is 0 Å². The number of hydrogen-bond donors (Lipinski definition) is 2. The highest BCUT2D eigenvalue weighted by molar-refractivity contribution is 5.58. The van der Waals surface area contributed by atoms with Gasteiger partial charge in [0.2, 0.25) is 5.95 Å². The second-order valence-electron chi connectivity index (χ2n) is 4.59. The lowest BCUT2D eigenvalue weighted by Gasteiger charge is -2.18. The average Bonchev–Trinajstić information content (AvgIpc) is 2.86. The van der Waals surface area contributed by atoms with E-state index in [1.807, 2.05) is 0 Å². The third-order valence-electron chi connectivity index (χ3n) is 3.34. The second-order valence-corrected chi connectivity index (χ2v) is 4.59. The zero-order valence-corrected chi connectivity index (χ0v) is 10.6. The van der Waals surface area contributed by atoms with Crippen LogP contribution in [0.3, 0.4) is 0 Å². The van der Waals surface area contributed by atoms with Crippen LogP contribution in [0.4, 0.5) is 5.95 Å². The third kappa shape index (κ3) is 2.17. The largest absolute Gasteiger partial charge is 0.394 e. The molecule has 0 aromatic carbocycles. The smallest absolute Gasteiger partial charge is 0.220 e. The molecule has 3 rings (SSSR count). The van der Waals surface area contributed by atoms with Gasteiger partial charge in [0.1, 0.15) is 12.0 Å². The number of aliphatic hydroxyl groups is 1. The number of hydrogen-bond acceptors (Lipinski definition) is 6. The van der Waals surface area contributed by atoms with Crippen LogP contribution in [-0.2, 0) is 19.4 Å². The lowest BCUT2D eigenvalue weighted by Crippen LogP contribution is -2.14. The van der Waals surface area contributed by atoms with Gasteiger partial charge < -0.3 is 10.8 Å². The maximum atomic E-state index is 9.06. The molecule has 0 saturated heterocycles. The van der Waals surface area contributed by atoms with Crippen molar-refractivity contribution in [1.82, 2.24) is 24.7 Å². The van der Waals surface area contributed by atoms with E-state index in [-0.39, 0.29) is 12.6 Å². The van der Waals surface area contributed by atoms with E-state index >= 15 is 0 Å². The first kappa shape index (κ1) is 12.0. The van der Waals surface area contributed by atoms with Crippen LogP contribution in [0.1, 0.15) is 24.1 Å². The highest BCUT2D eigenvalue weighted by Gasteiger charge is 2.21. The Labute approximate surface area is 110 Å². The zero-order chi connectivity index (χ0) is 13.2. The van der Waals surface area contributed by atoms with Crippen molar-refractivity contribution in [1.29, 1.82) is 0 Å². The highest BCUT2D eigenvalue weighted by Crippen LogP contribution is 2.28. The number of anilines is 1. The normalized spacial score (nSPS) is 14.4. The molecule has 2 aromatic heterocycles. The Balaban J connectivity index is 2.13. The Bertz CT molecular complexity index is 594. The number of nitrogens with two attached hydrogens (primary N) is 1. The SMILES string of the molecule is Nc1nc2c(c(-c3ncnn3CCO)n1)CCCC2. The quantitative estimate of drug-likeness (QED) is 0.816. The number of aromatic nitrogens is 5. The molecule has 0 radical (unpaired) electrons. The predicted octanol–water partition coefficient (Wildman–Crippen LogP) is 0.188. The van der Waals surface area contributed by atoms with Crippen molar-refractivity contribution in [2.75, 3.05) is 12.3 Å². The van der Waals surface area contributed by atoms with E-state index in [4.69, 9.17) is 10.8 Å². The number of aliphatic hydroxyl groups excluding tert-OH is 1. The van der Waals surface area contributed by atoms with Crippen LogP contribution < -0.4 is 5.73 Å². The van der Waals surface area contributed by atoms with E-state index < -0.39 is 0 Å². The molecule has 3 N–H and O–H groups in total. The molecule has 0 bridgehead atoms. The first-order chi connectivity index (χ1) is 9.29. The molecule has 0 fully saturated rings. The van der Waals surface area contributed by atoms with E-state index in [0.29, 0.717) is 12.4 Å². The van der Waals surface area contributed by atoms with Crippen molar-refractivity contribution in [3.63, 3.8) is 0 Å². The molecule has 100 valence electrons. The van der Waals surface area contributed by atoms with E-state index in [1.54, 1.807) is 4.68 Å². The molecule has 0 atom stereocenters. The van der Waals surface area contributed by atoms with Crippen LogP contribution in [-0.4, -0.2) is 36.4 Å². The monoisotopic (exact) mass is 260 g/mol. The van der Waals surface area contributed by atoms with Gasteiger partial charge in [0, 0.05) is 11.3 Å². The fourth-order valence-electron chi connectivity index (χ4n) is 2.50. The summed E-state index contributed by atoms with van der Waals surface area (Å²) < 4.78 is 1.65. The molecule has 7 heteroatoms. The van der Waals surface area contributed by atoms with E-state index in [9.17, 15) is 0 Å². The summed E-state index contributed by atoms with van der Waals surface area (Å²) in [4.78, 5) is 12.9. The first-order valence-corrected chi connectivity index (χ1v) is 6.44. The number of aryl methyl sites for hydroxylation is 1. The van der Waals surface area contributed by atoms with Crippen LogP contribution >= 0.6 is 0 Å². The second kappa shape index (κ2) is 4.93. The molecule has 0 saturated carbocycles.